The maximum absolute atomic E-state index is 13.1. The van der Waals surface area contributed by atoms with Gasteiger partial charge in [0.2, 0.25) is 11.7 Å². The predicted molar refractivity (Wildman–Crippen MR) is 53.8 cm³/mol. The normalized spacial score (nSPS) is 36.1. The van der Waals surface area contributed by atoms with Crippen LogP contribution in [0.1, 0.15) is 6.92 Å². The van der Waals surface area contributed by atoms with Crippen molar-refractivity contribution in [1.82, 2.24) is 5.06 Å². The molecular weight excluding hydrogens is 271 g/mol. The highest BCUT2D eigenvalue weighted by Gasteiger charge is 2.72. The molecule has 0 saturated carbocycles. The molecule has 2 heterocycles. The fourth-order valence-corrected chi connectivity index (χ4v) is 2.23. The van der Waals surface area contributed by atoms with Crippen molar-refractivity contribution in [3.05, 3.63) is 0 Å². The second kappa shape index (κ2) is 4.89. The molecule has 0 spiro atoms. The number of hydrogen-bond acceptors (Lipinski definition) is 6. The lowest BCUT2D eigenvalue weighted by Gasteiger charge is -2.36. The first-order valence-corrected chi connectivity index (χ1v) is 5.79. The van der Waals surface area contributed by atoms with Crippen LogP contribution in [-0.2, 0) is 19.1 Å². The number of aliphatic hydroxyl groups is 1. The first-order chi connectivity index (χ1) is 8.82. The Morgan fingerprint density at radius 1 is 1.58 bits per heavy atom. The number of halogens is 3. The summed E-state index contributed by atoms with van der Waals surface area (Å²) in [6.07, 6.45) is -7.16. The highest BCUT2D eigenvalue weighted by Crippen LogP contribution is 2.45. The van der Waals surface area contributed by atoms with Crippen molar-refractivity contribution in [3.8, 4) is 0 Å². The molecule has 2 aliphatic rings. The molecule has 2 aliphatic heterocycles. The Morgan fingerprint density at radius 3 is 2.84 bits per heavy atom. The molecule has 6 nitrogen and oxygen atoms in total. The highest BCUT2D eigenvalue weighted by atomic mass is 19.4. The first-order valence-electron chi connectivity index (χ1n) is 5.79. The minimum absolute atomic E-state index is 0.0406. The summed E-state index contributed by atoms with van der Waals surface area (Å²) in [6.45, 7) is 1.19. The van der Waals surface area contributed by atoms with E-state index in [1.807, 2.05) is 0 Å². The summed E-state index contributed by atoms with van der Waals surface area (Å²) >= 11 is 0. The molecule has 110 valence electrons. The van der Waals surface area contributed by atoms with Crippen LogP contribution in [0.15, 0.2) is 0 Å². The summed E-state index contributed by atoms with van der Waals surface area (Å²) in [5.74, 6) is -1.24. The summed E-state index contributed by atoms with van der Waals surface area (Å²) in [5.41, 5.74) is -3.33. The summed E-state index contributed by atoms with van der Waals surface area (Å²) in [6, 6.07) is -1.48. The van der Waals surface area contributed by atoms with E-state index < -0.39 is 29.9 Å². The Kier molecular flexibility index (Phi) is 3.74. The third kappa shape index (κ3) is 2.20. The van der Waals surface area contributed by atoms with Gasteiger partial charge in [0.25, 0.3) is 0 Å². The number of hydrogen-bond donors (Lipinski definition) is 1. The molecule has 0 radical (unpaired) electrons. The standard InChI is InChI=1S/C10H14F3NO5/c1-2-18-8(15)7-9(16,10(11,12)13)6-5-17-4-3-14(6)19-7/h6-7,16H,2-5H2,1H3/t6-,7-,9+/m0/s1. The number of carbonyl (C=O) groups excluding carboxylic acids is 1. The van der Waals surface area contributed by atoms with E-state index in [2.05, 4.69) is 4.74 Å². The molecule has 1 N–H and O–H groups in total. The molecule has 3 atom stereocenters. The largest absolute Gasteiger partial charge is 0.464 e. The lowest BCUT2D eigenvalue weighted by atomic mass is 9.88. The number of esters is 1. The minimum Gasteiger partial charge on any atom is -0.464 e. The fourth-order valence-electron chi connectivity index (χ4n) is 2.23. The second-order valence-electron chi connectivity index (χ2n) is 4.29. The number of fused-ring (bicyclic) bond motifs is 1. The monoisotopic (exact) mass is 285 g/mol. The molecular formula is C10H14F3NO5. The Balaban J connectivity index is 2.33. The molecule has 0 aromatic rings. The molecule has 9 heteroatoms. The van der Waals surface area contributed by atoms with Gasteiger partial charge in [-0.05, 0) is 6.92 Å². The zero-order valence-corrected chi connectivity index (χ0v) is 10.1. The minimum atomic E-state index is -5.04. The molecule has 2 saturated heterocycles. The number of hydroxylamine groups is 2. The van der Waals surface area contributed by atoms with Gasteiger partial charge in [0.15, 0.2) is 0 Å². The Hall–Kier alpha value is -0.900. The fraction of sp³-hybridized carbons (Fsp3) is 0.900. The van der Waals surface area contributed by atoms with E-state index in [1.165, 1.54) is 6.92 Å². The number of nitrogens with zero attached hydrogens (tertiary/aromatic N) is 1. The average Bonchev–Trinajstić information content (AvgIpc) is 2.65. The van der Waals surface area contributed by atoms with Crippen molar-refractivity contribution < 1.29 is 37.4 Å². The van der Waals surface area contributed by atoms with Crippen molar-refractivity contribution in [2.45, 2.75) is 30.8 Å². The molecule has 19 heavy (non-hydrogen) atoms. The van der Waals surface area contributed by atoms with E-state index in [-0.39, 0.29) is 26.4 Å². The van der Waals surface area contributed by atoms with Crippen LogP contribution in [0.5, 0.6) is 0 Å². The third-order valence-corrected chi connectivity index (χ3v) is 3.18. The third-order valence-electron chi connectivity index (χ3n) is 3.18. The topological polar surface area (TPSA) is 68.2 Å². The zero-order valence-electron chi connectivity index (χ0n) is 10.1. The van der Waals surface area contributed by atoms with Gasteiger partial charge in [-0.2, -0.15) is 18.2 Å². The van der Waals surface area contributed by atoms with Crippen molar-refractivity contribution in [2.75, 3.05) is 26.4 Å². The van der Waals surface area contributed by atoms with Gasteiger partial charge in [-0.15, -0.1) is 0 Å². The number of ether oxygens (including phenoxy) is 2. The van der Waals surface area contributed by atoms with Crippen molar-refractivity contribution in [1.29, 1.82) is 0 Å². The Morgan fingerprint density at radius 2 is 2.26 bits per heavy atom. The SMILES string of the molecule is CCOC(=O)[C@@H]1ON2CCOC[C@H]2[C@]1(O)C(F)(F)F. The van der Waals surface area contributed by atoms with E-state index in [1.54, 1.807) is 0 Å². The quantitative estimate of drug-likeness (QED) is 0.712. The van der Waals surface area contributed by atoms with Gasteiger partial charge in [0, 0.05) is 6.54 Å². The molecule has 0 unspecified atom stereocenters. The number of rotatable bonds is 2. The molecule has 2 fully saturated rings. The van der Waals surface area contributed by atoms with Gasteiger partial charge in [-0.25, -0.2) is 4.79 Å². The van der Waals surface area contributed by atoms with Crippen LogP contribution < -0.4 is 0 Å². The van der Waals surface area contributed by atoms with Crippen molar-refractivity contribution in [2.24, 2.45) is 0 Å². The number of carbonyl (C=O) groups is 1. The van der Waals surface area contributed by atoms with Gasteiger partial charge in [0.05, 0.1) is 25.9 Å². The smallest absolute Gasteiger partial charge is 0.422 e. The van der Waals surface area contributed by atoms with E-state index in [0.717, 1.165) is 5.06 Å². The molecule has 0 aliphatic carbocycles. The van der Waals surface area contributed by atoms with Crippen LogP contribution in [-0.4, -0.2) is 66.4 Å². The summed E-state index contributed by atoms with van der Waals surface area (Å²) < 4.78 is 48.9. The molecule has 0 bridgehead atoms. The second-order valence-corrected chi connectivity index (χ2v) is 4.29. The zero-order chi connectivity index (χ0) is 14.3. The van der Waals surface area contributed by atoms with Crippen molar-refractivity contribution >= 4 is 5.97 Å². The van der Waals surface area contributed by atoms with Crippen LogP contribution >= 0.6 is 0 Å². The first kappa shape index (κ1) is 14.5. The van der Waals surface area contributed by atoms with E-state index in [4.69, 9.17) is 9.57 Å². The average molecular weight is 285 g/mol. The lowest BCUT2D eigenvalue weighted by Crippen LogP contribution is -2.64. The summed E-state index contributed by atoms with van der Waals surface area (Å²) in [4.78, 5) is 16.5. The van der Waals surface area contributed by atoms with Gasteiger partial charge < -0.3 is 14.6 Å². The molecule has 0 amide bonds. The Bertz CT molecular complexity index is 364. The van der Waals surface area contributed by atoms with Crippen LogP contribution in [0.4, 0.5) is 13.2 Å². The Labute approximate surface area is 107 Å². The van der Waals surface area contributed by atoms with Gasteiger partial charge in [-0.1, -0.05) is 0 Å². The maximum atomic E-state index is 13.1. The van der Waals surface area contributed by atoms with E-state index in [9.17, 15) is 23.1 Å². The number of morpholine rings is 1. The predicted octanol–water partition coefficient (Wildman–Crippen LogP) is -0.142. The lowest BCUT2D eigenvalue weighted by molar-refractivity contribution is -0.280. The van der Waals surface area contributed by atoms with Crippen LogP contribution in [0.25, 0.3) is 0 Å². The van der Waals surface area contributed by atoms with Gasteiger partial charge >= 0.3 is 12.1 Å². The van der Waals surface area contributed by atoms with Gasteiger partial charge in [-0.3, -0.25) is 4.84 Å². The summed E-state index contributed by atoms with van der Waals surface area (Å²) in [7, 11) is 0. The maximum Gasteiger partial charge on any atom is 0.422 e. The van der Waals surface area contributed by atoms with E-state index >= 15 is 0 Å². The highest BCUT2D eigenvalue weighted by molar-refractivity contribution is 5.77. The van der Waals surface area contributed by atoms with Crippen LogP contribution in [0.3, 0.4) is 0 Å². The van der Waals surface area contributed by atoms with E-state index in [0.29, 0.717) is 0 Å². The van der Waals surface area contributed by atoms with Crippen LogP contribution in [0.2, 0.25) is 0 Å². The van der Waals surface area contributed by atoms with Crippen LogP contribution in [0, 0.1) is 0 Å². The van der Waals surface area contributed by atoms with Gasteiger partial charge in [0.1, 0.15) is 0 Å². The van der Waals surface area contributed by atoms with Crippen molar-refractivity contribution in [3.63, 3.8) is 0 Å². The summed E-state index contributed by atoms with van der Waals surface area (Å²) in [5, 5.41) is 11.0. The molecule has 2 rings (SSSR count). The number of alkyl halides is 3. The molecule has 0 aromatic heterocycles. The molecule has 0 aromatic carbocycles.